The van der Waals surface area contributed by atoms with Crippen LogP contribution in [0.3, 0.4) is 0 Å². The molecule has 4 rings (SSSR count). The summed E-state index contributed by atoms with van der Waals surface area (Å²) in [6, 6.07) is 15.0. The minimum Gasteiger partial charge on any atom is -0.504 e. The minimum absolute atomic E-state index is 0.0365. The molecule has 1 aromatic heterocycles. The maximum absolute atomic E-state index is 12.4. The maximum Gasteiger partial charge on any atom is 0.260 e. The number of para-hydroxylation sites is 3. The van der Waals surface area contributed by atoms with Gasteiger partial charge in [-0.25, -0.2) is 0 Å². The first-order valence-corrected chi connectivity index (χ1v) is 8.97. The lowest BCUT2D eigenvalue weighted by molar-refractivity contribution is -0.134. The number of likely N-dealkylation sites (tertiary alicyclic amines) is 1. The van der Waals surface area contributed by atoms with Gasteiger partial charge in [0.2, 0.25) is 0 Å². The average Bonchev–Trinajstić information content (AvgIpc) is 3.11. The van der Waals surface area contributed by atoms with Gasteiger partial charge >= 0.3 is 0 Å². The van der Waals surface area contributed by atoms with Gasteiger partial charge in [-0.1, -0.05) is 30.3 Å². The third-order valence-corrected chi connectivity index (χ3v) is 5.13. The summed E-state index contributed by atoms with van der Waals surface area (Å²) >= 11 is 0. The number of aromatic amines is 1. The second-order valence-corrected chi connectivity index (χ2v) is 6.70. The minimum atomic E-state index is -0.0463. The number of phenols is 1. The molecule has 0 aliphatic carbocycles. The van der Waals surface area contributed by atoms with Crippen molar-refractivity contribution in [3.8, 4) is 11.5 Å². The number of amides is 1. The van der Waals surface area contributed by atoms with E-state index in [1.807, 2.05) is 11.0 Å². The molecule has 26 heavy (non-hydrogen) atoms. The Morgan fingerprint density at radius 1 is 1.12 bits per heavy atom. The van der Waals surface area contributed by atoms with Crippen LogP contribution in [-0.2, 0) is 4.79 Å². The normalized spacial score (nSPS) is 15.3. The fourth-order valence-corrected chi connectivity index (χ4v) is 3.68. The third-order valence-electron chi connectivity index (χ3n) is 5.13. The lowest BCUT2D eigenvalue weighted by Crippen LogP contribution is -2.40. The highest BCUT2D eigenvalue weighted by molar-refractivity contribution is 5.83. The Labute approximate surface area is 152 Å². The number of rotatable bonds is 4. The lowest BCUT2D eigenvalue weighted by Gasteiger charge is -2.32. The van der Waals surface area contributed by atoms with E-state index in [0.29, 0.717) is 11.7 Å². The van der Waals surface area contributed by atoms with Crippen molar-refractivity contribution in [2.45, 2.75) is 18.8 Å². The molecule has 1 aliphatic rings. The first-order valence-electron chi connectivity index (χ1n) is 8.97. The fourth-order valence-electron chi connectivity index (χ4n) is 3.68. The van der Waals surface area contributed by atoms with Gasteiger partial charge in [-0.15, -0.1) is 0 Å². The summed E-state index contributed by atoms with van der Waals surface area (Å²) in [7, 11) is 0. The molecular formula is C21H22N2O3. The van der Waals surface area contributed by atoms with Crippen molar-refractivity contribution in [1.29, 1.82) is 0 Å². The van der Waals surface area contributed by atoms with Crippen molar-refractivity contribution in [3.05, 3.63) is 60.3 Å². The predicted octanol–water partition coefficient (Wildman–Crippen LogP) is 3.66. The van der Waals surface area contributed by atoms with Gasteiger partial charge in [0.05, 0.1) is 0 Å². The summed E-state index contributed by atoms with van der Waals surface area (Å²) in [6.07, 6.45) is 4.00. The quantitative estimate of drug-likeness (QED) is 0.755. The number of ether oxygens (including phenoxy) is 1. The third kappa shape index (κ3) is 3.25. The number of aromatic hydroxyl groups is 1. The number of phenolic OH excluding ortho intramolecular Hbond substituents is 1. The zero-order valence-corrected chi connectivity index (χ0v) is 14.5. The Hall–Kier alpha value is -2.95. The summed E-state index contributed by atoms with van der Waals surface area (Å²) in [5.41, 5.74) is 2.51. The van der Waals surface area contributed by atoms with Crippen LogP contribution >= 0.6 is 0 Å². The second-order valence-electron chi connectivity index (χ2n) is 6.70. The fraction of sp³-hybridized carbons (Fsp3) is 0.286. The molecule has 0 atom stereocenters. The molecule has 2 N–H and O–H groups in total. The molecule has 0 radical (unpaired) electrons. The van der Waals surface area contributed by atoms with Gasteiger partial charge in [-0.05, 0) is 42.5 Å². The number of hydrogen-bond acceptors (Lipinski definition) is 3. The number of nitrogens with zero attached hydrogens (tertiary/aromatic N) is 1. The molecule has 5 heteroatoms. The van der Waals surface area contributed by atoms with E-state index in [2.05, 4.69) is 29.4 Å². The monoisotopic (exact) mass is 350 g/mol. The number of nitrogens with one attached hydrogen (secondary N) is 1. The Bertz CT molecular complexity index is 910. The summed E-state index contributed by atoms with van der Waals surface area (Å²) in [4.78, 5) is 17.6. The Kier molecular flexibility index (Phi) is 4.52. The largest absolute Gasteiger partial charge is 0.504 e. The number of hydrogen-bond donors (Lipinski definition) is 2. The van der Waals surface area contributed by atoms with E-state index in [1.165, 1.54) is 10.9 Å². The van der Waals surface area contributed by atoms with Crippen LogP contribution in [0.4, 0.5) is 0 Å². The van der Waals surface area contributed by atoms with Crippen molar-refractivity contribution in [1.82, 2.24) is 9.88 Å². The molecule has 0 spiro atoms. The number of H-pyrrole nitrogens is 1. The van der Waals surface area contributed by atoms with Crippen LogP contribution in [0, 0.1) is 0 Å². The topological polar surface area (TPSA) is 65.6 Å². The van der Waals surface area contributed by atoms with Gasteiger partial charge in [0.15, 0.2) is 18.1 Å². The Balaban J connectivity index is 1.34. The van der Waals surface area contributed by atoms with Crippen LogP contribution in [0.15, 0.2) is 54.7 Å². The van der Waals surface area contributed by atoms with Crippen molar-refractivity contribution in [2.75, 3.05) is 19.7 Å². The number of aromatic nitrogens is 1. The van der Waals surface area contributed by atoms with E-state index in [9.17, 15) is 9.90 Å². The van der Waals surface area contributed by atoms with E-state index in [1.54, 1.807) is 24.3 Å². The highest BCUT2D eigenvalue weighted by atomic mass is 16.5. The SMILES string of the molecule is O=C(COc1ccccc1O)N1CCC(c2c[nH]c3ccccc23)CC1. The Morgan fingerprint density at radius 3 is 2.65 bits per heavy atom. The number of benzene rings is 2. The molecule has 3 aromatic rings. The van der Waals surface area contributed by atoms with Crippen molar-refractivity contribution < 1.29 is 14.6 Å². The molecule has 1 fully saturated rings. The maximum atomic E-state index is 12.4. The molecule has 2 heterocycles. The highest BCUT2D eigenvalue weighted by Crippen LogP contribution is 2.33. The van der Waals surface area contributed by atoms with E-state index >= 15 is 0 Å². The van der Waals surface area contributed by atoms with Crippen LogP contribution in [0.1, 0.15) is 24.3 Å². The molecule has 1 amide bonds. The molecule has 0 bridgehead atoms. The number of carbonyl (C=O) groups excluding carboxylic acids is 1. The molecule has 5 nitrogen and oxygen atoms in total. The van der Waals surface area contributed by atoms with Crippen LogP contribution in [0.25, 0.3) is 10.9 Å². The van der Waals surface area contributed by atoms with Crippen molar-refractivity contribution in [3.63, 3.8) is 0 Å². The van der Waals surface area contributed by atoms with Crippen LogP contribution < -0.4 is 4.74 Å². The van der Waals surface area contributed by atoms with Gasteiger partial charge in [0, 0.05) is 30.2 Å². The van der Waals surface area contributed by atoms with Crippen molar-refractivity contribution in [2.24, 2.45) is 0 Å². The van der Waals surface area contributed by atoms with Gasteiger partial charge < -0.3 is 19.7 Å². The molecule has 134 valence electrons. The summed E-state index contributed by atoms with van der Waals surface area (Å²) in [5.74, 6) is 0.827. The molecule has 2 aromatic carbocycles. The Morgan fingerprint density at radius 2 is 1.85 bits per heavy atom. The van der Waals surface area contributed by atoms with Gasteiger partial charge in [0.25, 0.3) is 5.91 Å². The standard InChI is InChI=1S/C21H22N2O3/c24-19-7-3-4-8-20(19)26-14-21(25)23-11-9-15(10-12-23)17-13-22-18-6-2-1-5-16(17)18/h1-8,13,15,22,24H,9-12,14H2. The first kappa shape index (κ1) is 16.5. The van der Waals surface area contributed by atoms with E-state index in [4.69, 9.17) is 4.74 Å². The smallest absolute Gasteiger partial charge is 0.260 e. The molecule has 0 unspecified atom stereocenters. The number of piperidine rings is 1. The predicted molar refractivity (Wildman–Crippen MR) is 100 cm³/mol. The van der Waals surface area contributed by atoms with E-state index < -0.39 is 0 Å². The highest BCUT2D eigenvalue weighted by Gasteiger charge is 2.25. The molecular weight excluding hydrogens is 328 g/mol. The first-order chi connectivity index (χ1) is 12.7. The molecule has 1 aliphatic heterocycles. The van der Waals surface area contributed by atoms with Crippen LogP contribution in [0.5, 0.6) is 11.5 Å². The zero-order valence-electron chi connectivity index (χ0n) is 14.5. The van der Waals surface area contributed by atoms with Gasteiger partial charge in [-0.2, -0.15) is 0 Å². The summed E-state index contributed by atoms with van der Waals surface area (Å²) < 4.78 is 5.46. The number of fused-ring (bicyclic) bond motifs is 1. The lowest BCUT2D eigenvalue weighted by atomic mass is 9.89. The second kappa shape index (κ2) is 7.12. The molecule has 1 saturated heterocycles. The summed E-state index contributed by atoms with van der Waals surface area (Å²) in [6.45, 7) is 1.41. The number of carbonyl (C=O) groups is 1. The van der Waals surface area contributed by atoms with Crippen LogP contribution in [-0.4, -0.2) is 40.6 Å². The zero-order chi connectivity index (χ0) is 17.9. The van der Waals surface area contributed by atoms with E-state index in [0.717, 1.165) is 31.4 Å². The summed E-state index contributed by atoms with van der Waals surface area (Å²) in [5, 5.41) is 11.0. The van der Waals surface area contributed by atoms with Crippen LogP contribution in [0.2, 0.25) is 0 Å². The average molecular weight is 350 g/mol. The van der Waals surface area contributed by atoms with Gasteiger partial charge in [0.1, 0.15) is 0 Å². The molecule has 0 saturated carbocycles. The van der Waals surface area contributed by atoms with Crippen molar-refractivity contribution >= 4 is 16.8 Å². The van der Waals surface area contributed by atoms with E-state index in [-0.39, 0.29) is 18.3 Å². The van der Waals surface area contributed by atoms with Gasteiger partial charge in [-0.3, -0.25) is 4.79 Å².